The Bertz CT molecular complexity index is 1530. The van der Waals surface area contributed by atoms with Crippen molar-refractivity contribution in [1.82, 2.24) is 34.9 Å². The van der Waals surface area contributed by atoms with Gasteiger partial charge in [0.15, 0.2) is 17.2 Å². The molecule has 2 atom stereocenters. The minimum Gasteiger partial charge on any atom is -0.345 e. The zero-order valence-corrected chi connectivity index (χ0v) is 20.1. The third-order valence-corrected chi connectivity index (χ3v) is 7.37. The number of likely N-dealkylation sites (tertiary alicyclic amines) is 1. The summed E-state index contributed by atoms with van der Waals surface area (Å²) in [5.74, 6) is 0.179. The summed E-state index contributed by atoms with van der Waals surface area (Å²) in [7, 11) is 0. The zero-order chi connectivity index (χ0) is 24.8. The van der Waals surface area contributed by atoms with Gasteiger partial charge in [0.2, 0.25) is 0 Å². The van der Waals surface area contributed by atoms with Gasteiger partial charge in [-0.2, -0.15) is 10.4 Å². The average molecular weight is 503 g/mol. The van der Waals surface area contributed by atoms with E-state index in [1.807, 2.05) is 12.1 Å². The Morgan fingerprint density at radius 1 is 1.25 bits per heavy atom. The predicted octanol–water partition coefficient (Wildman–Crippen LogP) is 2.87. The number of H-pyrrole nitrogens is 1. The van der Waals surface area contributed by atoms with Crippen molar-refractivity contribution in [1.29, 1.82) is 5.26 Å². The molecule has 4 heterocycles. The Morgan fingerprint density at radius 2 is 2.08 bits per heavy atom. The van der Waals surface area contributed by atoms with Crippen molar-refractivity contribution in [3.8, 4) is 11.9 Å². The molecular weight excluding hydrogens is 480 g/mol. The highest BCUT2D eigenvalue weighted by Crippen LogP contribution is 2.38. The highest BCUT2D eigenvalue weighted by atomic mass is 35.5. The Balaban J connectivity index is 1.13. The first-order chi connectivity index (χ1) is 17.5. The van der Waals surface area contributed by atoms with Crippen LogP contribution in [-0.2, 0) is 4.79 Å². The zero-order valence-electron chi connectivity index (χ0n) is 19.3. The summed E-state index contributed by atoms with van der Waals surface area (Å²) in [4.78, 5) is 40.0. The molecule has 1 aliphatic carbocycles. The van der Waals surface area contributed by atoms with Gasteiger partial charge in [-0.3, -0.25) is 14.5 Å². The number of hydrogen-bond donors (Lipinski definition) is 2. The maximum atomic E-state index is 12.9. The molecule has 1 unspecified atom stereocenters. The molecule has 0 spiro atoms. The monoisotopic (exact) mass is 502 g/mol. The van der Waals surface area contributed by atoms with Crippen LogP contribution in [0, 0.1) is 23.2 Å². The number of nitrogens with one attached hydrogen (secondary N) is 2. The Labute approximate surface area is 211 Å². The lowest BCUT2D eigenvalue weighted by molar-refractivity contribution is -0.119. The highest BCUT2D eigenvalue weighted by Gasteiger charge is 2.46. The van der Waals surface area contributed by atoms with Crippen LogP contribution in [0.1, 0.15) is 29.6 Å². The number of Topliss-reactive ketones (excluding diaryl/α,β-unsaturated/α-hetero) is 1. The fourth-order valence-corrected chi connectivity index (χ4v) is 5.21. The van der Waals surface area contributed by atoms with E-state index in [-0.39, 0.29) is 36.1 Å². The van der Waals surface area contributed by atoms with Gasteiger partial charge in [-0.1, -0.05) is 11.6 Å². The second kappa shape index (κ2) is 9.00. The molecule has 182 valence electrons. The lowest BCUT2D eigenvalue weighted by atomic mass is 9.98. The number of nitriles is 1. The van der Waals surface area contributed by atoms with Crippen molar-refractivity contribution < 1.29 is 9.59 Å². The van der Waals surface area contributed by atoms with Crippen LogP contribution in [-0.4, -0.2) is 67.0 Å². The molecule has 36 heavy (non-hydrogen) atoms. The summed E-state index contributed by atoms with van der Waals surface area (Å²) in [5, 5.41) is 17.7. The fourth-order valence-electron chi connectivity index (χ4n) is 5.03. The summed E-state index contributed by atoms with van der Waals surface area (Å²) in [6.45, 7) is 1.68. The maximum absolute atomic E-state index is 12.9. The van der Waals surface area contributed by atoms with Crippen molar-refractivity contribution in [3.05, 3.63) is 47.4 Å². The molecule has 0 bridgehead atoms. The molecule has 1 aromatic carbocycles. The number of benzene rings is 1. The Kier molecular flexibility index (Phi) is 5.66. The van der Waals surface area contributed by atoms with Crippen LogP contribution < -0.4 is 5.32 Å². The lowest BCUT2D eigenvalue weighted by Crippen LogP contribution is -2.37. The van der Waals surface area contributed by atoms with Gasteiger partial charge in [0, 0.05) is 34.5 Å². The first-order valence-corrected chi connectivity index (χ1v) is 12.3. The topological polar surface area (TPSA) is 133 Å². The molecule has 4 aromatic rings. The van der Waals surface area contributed by atoms with Gasteiger partial charge >= 0.3 is 0 Å². The number of fused-ring (bicyclic) bond motifs is 2. The smallest absolute Gasteiger partial charge is 0.255 e. The SMILES string of the molecule is N#CC1CCN(C2C[C@H]2C(=O)CNC(=O)c2c[nH]c3ncc(-n4ncc5cc(Cl)ccc54)nc23)CC1. The van der Waals surface area contributed by atoms with Crippen molar-refractivity contribution in [2.45, 2.75) is 25.3 Å². The summed E-state index contributed by atoms with van der Waals surface area (Å²) in [6.07, 6.45) is 7.36. The van der Waals surface area contributed by atoms with Crippen molar-refractivity contribution in [2.24, 2.45) is 11.8 Å². The third kappa shape index (κ3) is 4.10. The third-order valence-electron chi connectivity index (χ3n) is 7.13. The maximum Gasteiger partial charge on any atom is 0.255 e. The normalized spacial score (nSPS) is 20.4. The Hall–Kier alpha value is -3.81. The van der Waals surface area contributed by atoms with Gasteiger partial charge in [-0.05, 0) is 50.6 Å². The van der Waals surface area contributed by atoms with Gasteiger partial charge in [0.05, 0.1) is 36.1 Å². The molecule has 6 rings (SSSR count). The first-order valence-electron chi connectivity index (χ1n) is 11.9. The number of carbonyl (C=O) groups excluding carboxylic acids is 2. The van der Waals surface area contributed by atoms with Crippen LogP contribution in [0.3, 0.4) is 0 Å². The Morgan fingerprint density at radius 3 is 2.89 bits per heavy atom. The number of amides is 1. The molecule has 2 N–H and O–H groups in total. The van der Waals surface area contributed by atoms with E-state index in [4.69, 9.17) is 16.9 Å². The van der Waals surface area contributed by atoms with Crippen LogP contribution in [0.15, 0.2) is 36.8 Å². The van der Waals surface area contributed by atoms with Crippen LogP contribution in [0.2, 0.25) is 5.02 Å². The number of carbonyl (C=O) groups is 2. The summed E-state index contributed by atoms with van der Waals surface area (Å²) < 4.78 is 1.64. The number of rotatable bonds is 6. The van der Waals surface area contributed by atoms with E-state index >= 15 is 0 Å². The number of halogens is 1. The largest absolute Gasteiger partial charge is 0.345 e. The average Bonchev–Trinajstić information content (AvgIpc) is 3.42. The van der Waals surface area contributed by atoms with Crippen LogP contribution in [0.25, 0.3) is 27.9 Å². The molecule has 1 aliphatic heterocycles. The van der Waals surface area contributed by atoms with Crippen LogP contribution in [0.5, 0.6) is 0 Å². The molecule has 11 heteroatoms. The second-order valence-corrected chi connectivity index (χ2v) is 9.82. The molecule has 2 aliphatic rings. The van der Waals surface area contributed by atoms with Gasteiger partial charge in [-0.25, -0.2) is 14.6 Å². The van der Waals surface area contributed by atoms with E-state index in [2.05, 4.69) is 36.3 Å². The van der Waals surface area contributed by atoms with Crippen molar-refractivity contribution >= 4 is 45.4 Å². The van der Waals surface area contributed by atoms with Gasteiger partial charge in [-0.15, -0.1) is 0 Å². The standard InChI is InChI=1S/C25H23ClN8O2/c26-16-1-2-19-15(7-16)10-31-34(19)22-13-29-24-23(32-22)18(11-28-24)25(36)30-12-21(35)17-8-20(17)33-5-3-14(9-27)4-6-33/h1-2,7,10-11,13-14,17,20H,3-6,8,12H2,(H,28,29)(H,30,36)/t17-,20?/m1/s1. The quantitative estimate of drug-likeness (QED) is 0.414. The number of ketones is 1. The van der Waals surface area contributed by atoms with E-state index in [9.17, 15) is 9.59 Å². The minimum absolute atomic E-state index is 0.0288. The highest BCUT2D eigenvalue weighted by molar-refractivity contribution is 6.31. The number of hydrogen-bond acceptors (Lipinski definition) is 7. The summed E-state index contributed by atoms with van der Waals surface area (Å²) >= 11 is 6.08. The van der Waals surface area contributed by atoms with Crippen LogP contribution >= 0.6 is 11.6 Å². The summed E-state index contributed by atoms with van der Waals surface area (Å²) in [6, 6.07) is 8.01. The van der Waals surface area contributed by atoms with Crippen molar-refractivity contribution in [3.63, 3.8) is 0 Å². The molecule has 10 nitrogen and oxygen atoms in total. The van der Waals surface area contributed by atoms with Crippen LogP contribution in [0.4, 0.5) is 0 Å². The number of aromatic nitrogens is 5. The fraction of sp³-hybridized carbons (Fsp3) is 0.360. The van der Waals surface area contributed by atoms with E-state index in [0.717, 1.165) is 43.3 Å². The van der Waals surface area contributed by atoms with E-state index in [1.54, 1.807) is 29.3 Å². The number of aromatic amines is 1. The van der Waals surface area contributed by atoms with Gasteiger partial charge in [0.1, 0.15) is 5.52 Å². The predicted molar refractivity (Wildman–Crippen MR) is 133 cm³/mol. The lowest BCUT2D eigenvalue weighted by Gasteiger charge is -2.29. The molecular formula is C25H23ClN8O2. The minimum atomic E-state index is -0.384. The molecule has 1 amide bonds. The molecule has 0 radical (unpaired) electrons. The molecule has 1 saturated carbocycles. The van der Waals surface area contributed by atoms with Gasteiger partial charge < -0.3 is 10.3 Å². The molecule has 3 aromatic heterocycles. The molecule has 1 saturated heterocycles. The van der Waals surface area contributed by atoms with Gasteiger partial charge in [0.25, 0.3) is 5.91 Å². The van der Waals surface area contributed by atoms with E-state index in [1.165, 1.54) is 0 Å². The summed E-state index contributed by atoms with van der Waals surface area (Å²) in [5.41, 5.74) is 2.01. The first kappa shape index (κ1) is 22.6. The van der Waals surface area contributed by atoms with E-state index < -0.39 is 0 Å². The number of piperidine rings is 1. The second-order valence-electron chi connectivity index (χ2n) is 9.39. The molecule has 2 fully saturated rings. The van der Waals surface area contributed by atoms with E-state index in [0.29, 0.717) is 27.6 Å². The van der Waals surface area contributed by atoms with Crippen molar-refractivity contribution in [2.75, 3.05) is 19.6 Å². The number of nitrogens with zero attached hydrogens (tertiary/aromatic N) is 6.